The highest BCUT2D eigenvalue weighted by Gasteiger charge is 2.33. The SMILES string of the molecule is CCCNC(c1c(Br)cnn1C(C)C)C(C)(C)CC. The van der Waals surface area contributed by atoms with Crippen LogP contribution in [-0.2, 0) is 0 Å². The third-order valence-corrected chi connectivity index (χ3v) is 4.45. The van der Waals surface area contributed by atoms with Crippen LogP contribution in [0.25, 0.3) is 0 Å². The van der Waals surface area contributed by atoms with E-state index in [2.05, 4.69) is 72.6 Å². The lowest BCUT2D eigenvalue weighted by atomic mass is 9.80. The lowest BCUT2D eigenvalue weighted by Crippen LogP contribution is -2.36. The second-order valence-corrected chi connectivity index (χ2v) is 7.00. The maximum Gasteiger partial charge on any atom is 0.0704 e. The lowest BCUT2D eigenvalue weighted by molar-refractivity contribution is 0.220. The molecule has 0 aliphatic carbocycles. The molecule has 1 rings (SSSR count). The minimum Gasteiger partial charge on any atom is -0.308 e. The fourth-order valence-corrected chi connectivity index (χ4v) is 2.77. The largest absolute Gasteiger partial charge is 0.308 e. The van der Waals surface area contributed by atoms with Crippen molar-refractivity contribution in [1.82, 2.24) is 15.1 Å². The highest BCUT2D eigenvalue weighted by molar-refractivity contribution is 9.10. The molecule has 1 heterocycles. The molecule has 0 saturated carbocycles. The zero-order valence-corrected chi connectivity index (χ0v) is 14.7. The first-order valence-corrected chi connectivity index (χ1v) is 8.10. The van der Waals surface area contributed by atoms with Crippen LogP contribution < -0.4 is 5.32 Å². The average Bonchev–Trinajstić information content (AvgIpc) is 2.72. The molecule has 0 amide bonds. The molecule has 0 aliphatic heterocycles. The molecule has 0 radical (unpaired) electrons. The summed E-state index contributed by atoms with van der Waals surface area (Å²) in [7, 11) is 0. The van der Waals surface area contributed by atoms with Gasteiger partial charge >= 0.3 is 0 Å². The van der Waals surface area contributed by atoms with Crippen LogP contribution in [0.15, 0.2) is 10.7 Å². The zero-order valence-electron chi connectivity index (χ0n) is 13.1. The Labute approximate surface area is 126 Å². The third kappa shape index (κ3) is 3.82. The van der Waals surface area contributed by atoms with E-state index in [9.17, 15) is 0 Å². The van der Waals surface area contributed by atoms with Crippen LogP contribution in [0.1, 0.15) is 72.2 Å². The molecule has 1 unspecified atom stereocenters. The first kappa shape index (κ1) is 16.7. The molecule has 3 nitrogen and oxygen atoms in total. The third-order valence-electron chi connectivity index (χ3n) is 3.84. The molecule has 0 saturated heterocycles. The molecule has 0 aromatic carbocycles. The monoisotopic (exact) mass is 329 g/mol. The molecule has 110 valence electrons. The van der Waals surface area contributed by atoms with Crippen molar-refractivity contribution in [3.8, 4) is 0 Å². The van der Waals surface area contributed by atoms with Crippen molar-refractivity contribution in [3.05, 3.63) is 16.4 Å². The second-order valence-electron chi connectivity index (χ2n) is 6.15. The Kier molecular flexibility index (Phi) is 6.06. The molecule has 1 atom stereocenters. The van der Waals surface area contributed by atoms with E-state index in [1.807, 2.05) is 6.20 Å². The van der Waals surface area contributed by atoms with Crippen molar-refractivity contribution in [2.24, 2.45) is 5.41 Å². The highest BCUT2D eigenvalue weighted by atomic mass is 79.9. The fourth-order valence-electron chi connectivity index (χ4n) is 2.27. The Bertz CT molecular complexity index is 396. The van der Waals surface area contributed by atoms with Gasteiger partial charge in [-0.3, -0.25) is 4.68 Å². The van der Waals surface area contributed by atoms with Crippen molar-refractivity contribution in [3.63, 3.8) is 0 Å². The maximum atomic E-state index is 4.52. The van der Waals surface area contributed by atoms with Gasteiger partial charge in [0.2, 0.25) is 0 Å². The number of halogens is 1. The topological polar surface area (TPSA) is 29.9 Å². The van der Waals surface area contributed by atoms with E-state index in [4.69, 9.17) is 0 Å². The minimum atomic E-state index is 0.199. The summed E-state index contributed by atoms with van der Waals surface area (Å²) in [6.45, 7) is 14.5. The molecule has 1 N–H and O–H groups in total. The lowest BCUT2D eigenvalue weighted by Gasteiger charge is -2.35. The molecular weight excluding hydrogens is 302 g/mol. The number of nitrogens with one attached hydrogen (secondary N) is 1. The summed E-state index contributed by atoms with van der Waals surface area (Å²) in [6, 6.07) is 0.691. The van der Waals surface area contributed by atoms with E-state index in [0.29, 0.717) is 12.1 Å². The van der Waals surface area contributed by atoms with Gasteiger partial charge < -0.3 is 5.32 Å². The van der Waals surface area contributed by atoms with Crippen LogP contribution >= 0.6 is 15.9 Å². The number of nitrogens with zero attached hydrogens (tertiary/aromatic N) is 2. The van der Waals surface area contributed by atoms with Gasteiger partial charge in [0.1, 0.15) is 0 Å². The van der Waals surface area contributed by atoms with Crippen LogP contribution in [0.2, 0.25) is 0 Å². The number of hydrogen-bond acceptors (Lipinski definition) is 2. The Morgan fingerprint density at radius 2 is 2.00 bits per heavy atom. The maximum absolute atomic E-state index is 4.52. The van der Waals surface area contributed by atoms with E-state index in [0.717, 1.165) is 23.9 Å². The van der Waals surface area contributed by atoms with Gasteiger partial charge in [0, 0.05) is 6.04 Å². The van der Waals surface area contributed by atoms with Gasteiger partial charge in [-0.05, 0) is 54.6 Å². The van der Waals surface area contributed by atoms with Gasteiger partial charge in [0.05, 0.1) is 22.4 Å². The Morgan fingerprint density at radius 3 is 2.47 bits per heavy atom. The van der Waals surface area contributed by atoms with Crippen molar-refractivity contribution in [2.75, 3.05) is 6.54 Å². The van der Waals surface area contributed by atoms with Crippen molar-refractivity contribution >= 4 is 15.9 Å². The van der Waals surface area contributed by atoms with Gasteiger partial charge in [-0.25, -0.2) is 0 Å². The minimum absolute atomic E-state index is 0.199. The van der Waals surface area contributed by atoms with E-state index in [1.165, 1.54) is 5.69 Å². The van der Waals surface area contributed by atoms with E-state index in [1.54, 1.807) is 0 Å². The van der Waals surface area contributed by atoms with Gasteiger partial charge in [-0.2, -0.15) is 5.10 Å². The average molecular weight is 330 g/mol. The second kappa shape index (κ2) is 6.89. The summed E-state index contributed by atoms with van der Waals surface area (Å²) < 4.78 is 3.24. The molecule has 1 aromatic heterocycles. The number of rotatable bonds is 7. The highest BCUT2D eigenvalue weighted by Crippen LogP contribution is 2.39. The van der Waals surface area contributed by atoms with Gasteiger partial charge in [0.15, 0.2) is 0 Å². The van der Waals surface area contributed by atoms with Crippen LogP contribution in [0.4, 0.5) is 0 Å². The predicted molar refractivity (Wildman–Crippen MR) is 85.4 cm³/mol. The normalized spacial score (nSPS) is 14.1. The Morgan fingerprint density at radius 1 is 1.37 bits per heavy atom. The first-order chi connectivity index (χ1) is 8.85. The summed E-state index contributed by atoms with van der Waals surface area (Å²) in [4.78, 5) is 0. The van der Waals surface area contributed by atoms with E-state index < -0.39 is 0 Å². The molecule has 19 heavy (non-hydrogen) atoms. The molecule has 0 fully saturated rings. The molecule has 0 bridgehead atoms. The van der Waals surface area contributed by atoms with Crippen molar-refractivity contribution < 1.29 is 0 Å². The van der Waals surface area contributed by atoms with E-state index in [-0.39, 0.29) is 5.41 Å². The Hall–Kier alpha value is -0.350. The summed E-state index contributed by atoms with van der Waals surface area (Å²) in [5.41, 5.74) is 1.47. The molecular formula is C15H28BrN3. The van der Waals surface area contributed by atoms with Crippen LogP contribution in [0, 0.1) is 5.41 Å². The zero-order chi connectivity index (χ0) is 14.6. The van der Waals surface area contributed by atoms with Crippen molar-refractivity contribution in [2.45, 2.75) is 66.5 Å². The van der Waals surface area contributed by atoms with E-state index >= 15 is 0 Å². The fraction of sp³-hybridized carbons (Fsp3) is 0.800. The molecule has 0 aliphatic rings. The summed E-state index contributed by atoms with van der Waals surface area (Å²) in [5, 5.41) is 8.23. The van der Waals surface area contributed by atoms with Gasteiger partial charge in [0.25, 0.3) is 0 Å². The summed E-state index contributed by atoms with van der Waals surface area (Å²) in [6.07, 6.45) is 4.19. The van der Waals surface area contributed by atoms with Crippen LogP contribution in [-0.4, -0.2) is 16.3 Å². The van der Waals surface area contributed by atoms with Crippen LogP contribution in [0.5, 0.6) is 0 Å². The van der Waals surface area contributed by atoms with Crippen LogP contribution in [0.3, 0.4) is 0 Å². The van der Waals surface area contributed by atoms with Gasteiger partial charge in [-0.15, -0.1) is 0 Å². The summed E-state index contributed by atoms with van der Waals surface area (Å²) in [5.74, 6) is 0. The predicted octanol–water partition coefficient (Wildman–Crippen LogP) is 4.70. The van der Waals surface area contributed by atoms with Crippen molar-refractivity contribution in [1.29, 1.82) is 0 Å². The van der Waals surface area contributed by atoms with Gasteiger partial charge in [-0.1, -0.05) is 27.7 Å². The smallest absolute Gasteiger partial charge is 0.0704 e. The quantitative estimate of drug-likeness (QED) is 0.785. The first-order valence-electron chi connectivity index (χ1n) is 7.31. The number of hydrogen-bond donors (Lipinski definition) is 1. The molecule has 1 aromatic rings. The molecule has 4 heteroatoms. The standard InChI is InChI=1S/C15H28BrN3/c1-7-9-17-14(15(5,6)8-2)13-12(16)10-18-19(13)11(3)4/h10-11,14,17H,7-9H2,1-6H3. The molecule has 0 spiro atoms. The Balaban J connectivity index is 3.20. The summed E-state index contributed by atoms with van der Waals surface area (Å²) >= 11 is 3.68. The number of aromatic nitrogens is 2.